The quantitative estimate of drug-likeness (QED) is 0.832. The Morgan fingerprint density at radius 1 is 1.35 bits per heavy atom. The van der Waals surface area contributed by atoms with Gasteiger partial charge in [0, 0.05) is 37.0 Å². The number of carbonyl (C=O) groups is 1. The van der Waals surface area contributed by atoms with Crippen LogP contribution in [0.1, 0.15) is 43.0 Å². The van der Waals surface area contributed by atoms with Gasteiger partial charge in [0.05, 0.1) is 23.6 Å². The van der Waals surface area contributed by atoms with Gasteiger partial charge in [0.15, 0.2) is 5.13 Å². The fraction of sp³-hybridized carbons (Fsp3) is 0.611. The molecule has 2 aromatic rings. The average molecular weight is 378 g/mol. The molecule has 0 bridgehead atoms. The number of aryl methyl sites for hydroxylation is 2. The predicted molar refractivity (Wildman–Crippen MR) is 100 cm³/mol. The second kappa shape index (κ2) is 8.28. The normalized spacial score (nSPS) is 21.1. The van der Waals surface area contributed by atoms with Crippen LogP contribution >= 0.6 is 11.3 Å². The van der Waals surface area contributed by atoms with E-state index in [1.807, 2.05) is 19.2 Å². The Kier molecular flexibility index (Phi) is 6.05. The molecule has 1 saturated heterocycles. The van der Waals surface area contributed by atoms with E-state index in [1.54, 1.807) is 0 Å². The van der Waals surface area contributed by atoms with Crippen LogP contribution in [0.5, 0.6) is 0 Å². The first-order valence-electron chi connectivity index (χ1n) is 8.94. The third-order valence-electron chi connectivity index (χ3n) is 4.46. The molecule has 3 rings (SSSR count). The van der Waals surface area contributed by atoms with Crippen molar-refractivity contribution in [2.24, 2.45) is 0 Å². The highest BCUT2D eigenvalue weighted by Gasteiger charge is 2.22. The molecular weight excluding hydrogens is 352 g/mol. The summed E-state index contributed by atoms with van der Waals surface area (Å²) in [7, 11) is 0. The Balaban J connectivity index is 1.49. The molecule has 26 heavy (non-hydrogen) atoms. The summed E-state index contributed by atoms with van der Waals surface area (Å²) in [5.74, 6) is 0.736. The number of morpholine rings is 1. The van der Waals surface area contributed by atoms with Gasteiger partial charge in [-0.3, -0.25) is 9.69 Å². The van der Waals surface area contributed by atoms with Gasteiger partial charge in [0.25, 0.3) is 0 Å². The third-order valence-corrected chi connectivity index (χ3v) is 5.27. The second-order valence-corrected chi connectivity index (χ2v) is 7.80. The van der Waals surface area contributed by atoms with Crippen molar-refractivity contribution in [3.8, 4) is 0 Å². The van der Waals surface area contributed by atoms with Crippen molar-refractivity contribution in [1.82, 2.24) is 15.0 Å². The first kappa shape index (κ1) is 19.0. The van der Waals surface area contributed by atoms with E-state index in [2.05, 4.69) is 34.2 Å². The lowest BCUT2D eigenvalue weighted by molar-refractivity contribution is -0.116. The van der Waals surface area contributed by atoms with Gasteiger partial charge >= 0.3 is 0 Å². The average Bonchev–Trinajstić information content (AvgIpc) is 3.11. The molecule has 1 fully saturated rings. The van der Waals surface area contributed by atoms with Gasteiger partial charge in [-0.15, -0.1) is 11.3 Å². The molecule has 3 heterocycles. The molecule has 0 radical (unpaired) electrons. The fourth-order valence-electron chi connectivity index (χ4n) is 3.36. The SMILES string of the molecule is Cc1noc(C)c1CCC(=O)Nc1nc(CN2CC(C)OC(C)C2)cs1. The number of nitrogens with one attached hydrogen (secondary N) is 1. The van der Waals surface area contributed by atoms with Gasteiger partial charge in [-0.1, -0.05) is 5.16 Å². The van der Waals surface area contributed by atoms with E-state index >= 15 is 0 Å². The van der Waals surface area contributed by atoms with Crippen molar-refractivity contribution in [3.63, 3.8) is 0 Å². The smallest absolute Gasteiger partial charge is 0.226 e. The van der Waals surface area contributed by atoms with Gasteiger partial charge in [0.2, 0.25) is 5.91 Å². The van der Waals surface area contributed by atoms with E-state index in [9.17, 15) is 4.79 Å². The van der Waals surface area contributed by atoms with Crippen LogP contribution < -0.4 is 5.32 Å². The highest BCUT2D eigenvalue weighted by atomic mass is 32.1. The molecule has 1 amide bonds. The number of rotatable bonds is 6. The zero-order chi connectivity index (χ0) is 18.7. The van der Waals surface area contributed by atoms with Crippen LogP contribution in [0, 0.1) is 13.8 Å². The van der Waals surface area contributed by atoms with Gasteiger partial charge in [0.1, 0.15) is 5.76 Å². The van der Waals surface area contributed by atoms with Crippen LogP contribution in [-0.2, 0) is 22.5 Å². The number of aromatic nitrogens is 2. The molecule has 1 N–H and O–H groups in total. The number of amides is 1. The number of ether oxygens (including phenoxy) is 1. The second-order valence-electron chi connectivity index (χ2n) is 6.95. The largest absolute Gasteiger partial charge is 0.373 e. The van der Waals surface area contributed by atoms with Crippen molar-refractivity contribution in [2.45, 2.75) is 59.3 Å². The van der Waals surface area contributed by atoms with Crippen molar-refractivity contribution in [2.75, 3.05) is 18.4 Å². The molecule has 0 spiro atoms. The first-order valence-corrected chi connectivity index (χ1v) is 9.82. The van der Waals surface area contributed by atoms with Crippen LogP contribution in [0.2, 0.25) is 0 Å². The number of anilines is 1. The Bertz CT molecular complexity index is 728. The van der Waals surface area contributed by atoms with Crippen LogP contribution in [-0.4, -0.2) is 46.2 Å². The number of nitrogens with zero attached hydrogens (tertiary/aromatic N) is 3. The van der Waals surface area contributed by atoms with Gasteiger partial charge < -0.3 is 14.6 Å². The number of hydrogen-bond acceptors (Lipinski definition) is 7. The Morgan fingerprint density at radius 2 is 2.08 bits per heavy atom. The lowest BCUT2D eigenvalue weighted by atomic mass is 10.1. The fourth-order valence-corrected chi connectivity index (χ4v) is 4.08. The Labute approximate surface area is 157 Å². The van der Waals surface area contributed by atoms with Crippen LogP contribution in [0.3, 0.4) is 0 Å². The summed E-state index contributed by atoms with van der Waals surface area (Å²) in [4.78, 5) is 19.1. The third kappa shape index (κ3) is 4.90. The van der Waals surface area contributed by atoms with E-state index in [4.69, 9.17) is 9.26 Å². The van der Waals surface area contributed by atoms with E-state index in [0.717, 1.165) is 42.3 Å². The summed E-state index contributed by atoms with van der Waals surface area (Å²) in [6.45, 7) is 10.5. The summed E-state index contributed by atoms with van der Waals surface area (Å²) in [6.07, 6.45) is 1.48. The van der Waals surface area contributed by atoms with E-state index in [-0.39, 0.29) is 18.1 Å². The summed E-state index contributed by atoms with van der Waals surface area (Å²) in [6, 6.07) is 0. The minimum atomic E-state index is -0.0421. The standard InChI is InChI=1S/C18H26N4O3S/c1-11-7-22(8-12(2)24-11)9-15-10-26-18(19-15)20-17(23)6-5-16-13(3)21-25-14(16)4/h10-12H,5-9H2,1-4H3,(H,19,20,23). The Hall–Kier alpha value is -1.77. The van der Waals surface area contributed by atoms with Gasteiger partial charge in [-0.25, -0.2) is 4.98 Å². The van der Waals surface area contributed by atoms with Crippen LogP contribution in [0.25, 0.3) is 0 Å². The van der Waals surface area contributed by atoms with Crippen LogP contribution in [0.4, 0.5) is 5.13 Å². The highest BCUT2D eigenvalue weighted by molar-refractivity contribution is 7.13. The molecule has 7 nitrogen and oxygen atoms in total. The minimum Gasteiger partial charge on any atom is -0.373 e. The monoisotopic (exact) mass is 378 g/mol. The molecule has 1 aliphatic rings. The summed E-state index contributed by atoms with van der Waals surface area (Å²) >= 11 is 1.47. The summed E-state index contributed by atoms with van der Waals surface area (Å²) in [5.41, 5.74) is 2.84. The minimum absolute atomic E-state index is 0.0421. The molecular formula is C18H26N4O3S. The maximum atomic E-state index is 12.2. The maximum absolute atomic E-state index is 12.2. The Morgan fingerprint density at radius 3 is 2.73 bits per heavy atom. The predicted octanol–water partition coefficient (Wildman–Crippen LogP) is 2.93. The molecule has 8 heteroatoms. The molecule has 1 aliphatic heterocycles. The summed E-state index contributed by atoms with van der Waals surface area (Å²) in [5, 5.41) is 9.47. The molecule has 0 saturated carbocycles. The van der Waals surface area contributed by atoms with Gasteiger partial charge in [-0.05, 0) is 34.1 Å². The number of hydrogen-bond donors (Lipinski definition) is 1. The molecule has 2 atom stereocenters. The number of carbonyl (C=O) groups excluding carboxylic acids is 1. The molecule has 0 aromatic carbocycles. The van der Waals surface area contributed by atoms with E-state index in [1.165, 1.54) is 11.3 Å². The lowest BCUT2D eigenvalue weighted by Crippen LogP contribution is -2.44. The summed E-state index contributed by atoms with van der Waals surface area (Å²) < 4.78 is 10.9. The first-order chi connectivity index (χ1) is 12.4. The topological polar surface area (TPSA) is 80.5 Å². The highest BCUT2D eigenvalue weighted by Crippen LogP contribution is 2.20. The molecule has 142 valence electrons. The van der Waals surface area contributed by atoms with Crippen molar-refractivity contribution >= 4 is 22.4 Å². The van der Waals surface area contributed by atoms with E-state index < -0.39 is 0 Å². The molecule has 0 aliphatic carbocycles. The number of thiazole rings is 1. The van der Waals surface area contributed by atoms with Crippen molar-refractivity contribution < 1.29 is 14.1 Å². The van der Waals surface area contributed by atoms with Gasteiger partial charge in [-0.2, -0.15) is 0 Å². The molecule has 2 unspecified atom stereocenters. The van der Waals surface area contributed by atoms with Crippen LogP contribution in [0.15, 0.2) is 9.90 Å². The molecule has 2 aromatic heterocycles. The zero-order valence-corrected chi connectivity index (χ0v) is 16.6. The van der Waals surface area contributed by atoms with Crippen molar-refractivity contribution in [1.29, 1.82) is 0 Å². The zero-order valence-electron chi connectivity index (χ0n) is 15.7. The van der Waals surface area contributed by atoms with Crippen molar-refractivity contribution in [3.05, 3.63) is 28.1 Å². The lowest BCUT2D eigenvalue weighted by Gasteiger charge is -2.34. The van der Waals surface area contributed by atoms with E-state index in [0.29, 0.717) is 18.0 Å². The maximum Gasteiger partial charge on any atom is 0.226 e.